The number of aromatic amines is 1. The van der Waals surface area contributed by atoms with Gasteiger partial charge in [-0.1, -0.05) is 0 Å². The summed E-state index contributed by atoms with van der Waals surface area (Å²) in [5.74, 6) is -0.807. The number of hydrogen-bond donors (Lipinski definition) is 1. The average molecular weight is 172 g/mol. The smallest absolute Gasteiger partial charge is 0.274 e. The first-order chi connectivity index (χ1) is 5.52. The summed E-state index contributed by atoms with van der Waals surface area (Å²) < 4.78 is 13.8. The third-order valence-corrected chi connectivity index (χ3v) is 1.45. The molecule has 0 amide bonds. The van der Waals surface area contributed by atoms with Crippen molar-refractivity contribution < 1.29 is 4.39 Å². The van der Waals surface area contributed by atoms with Crippen LogP contribution in [0.3, 0.4) is 0 Å². The van der Waals surface area contributed by atoms with Crippen LogP contribution < -0.4 is 11.2 Å². The van der Waals surface area contributed by atoms with Gasteiger partial charge in [-0.05, 0) is 13.8 Å². The van der Waals surface area contributed by atoms with Gasteiger partial charge in [-0.15, -0.1) is 0 Å². The maximum absolute atomic E-state index is 12.9. The largest absolute Gasteiger partial charge is 0.330 e. The van der Waals surface area contributed by atoms with Gasteiger partial charge < -0.3 is 0 Å². The zero-order valence-electron chi connectivity index (χ0n) is 6.80. The number of nitrogens with zero attached hydrogens (tertiary/aromatic N) is 1. The zero-order chi connectivity index (χ0) is 9.30. The van der Waals surface area contributed by atoms with Crippen molar-refractivity contribution in [2.24, 2.45) is 0 Å². The monoisotopic (exact) mass is 172 g/mol. The Balaban J connectivity index is 3.49. The molecule has 0 spiro atoms. The van der Waals surface area contributed by atoms with Crippen molar-refractivity contribution in [3.05, 3.63) is 32.9 Å². The third-order valence-electron chi connectivity index (χ3n) is 1.45. The molecule has 5 heteroatoms. The second-order valence-electron chi connectivity index (χ2n) is 2.73. The Morgan fingerprint density at radius 2 is 2.08 bits per heavy atom. The first-order valence-electron chi connectivity index (χ1n) is 3.53. The number of aromatic nitrogens is 2. The Kier molecular flexibility index (Phi) is 2.12. The third kappa shape index (κ3) is 1.44. The average Bonchev–Trinajstić information content (AvgIpc) is 1.82. The molecule has 0 saturated carbocycles. The predicted molar refractivity (Wildman–Crippen MR) is 41.7 cm³/mol. The van der Waals surface area contributed by atoms with Gasteiger partial charge in [0.25, 0.3) is 5.56 Å². The topological polar surface area (TPSA) is 54.9 Å². The van der Waals surface area contributed by atoms with Crippen molar-refractivity contribution in [2.75, 3.05) is 0 Å². The van der Waals surface area contributed by atoms with E-state index in [4.69, 9.17) is 0 Å². The van der Waals surface area contributed by atoms with E-state index in [-0.39, 0.29) is 6.04 Å². The van der Waals surface area contributed by atoms with Crippen LogP contribution in [0.15, 0.2) is 15.7 Å². The molecule has 0 aromatic carbocycles. The highest BCUT2D eigenvalue weighted by Gasteiger charge is 2.07. The zero-order valence-corrected chi connectivity index (χ0v) is 6.80. The molecule has 0 aliphatic rings. The standard InChI is InChI=1S/C7H9FN2O2/c1-4(2)10-5(8)3-6(11)9-7(10)12/h3-4H,1-2H3,(H,9,11,12). The molecule has 1 N–H and O–H groups in total. The fraction of sp³-hybridized carbons (Fsp3) is 0.429. The molecule has 0 unspecified atom stereocenters. The van der Waals surface area contributed by atoms with Gasteiger partial charge in [0.15, 0.2) is 0 Å². The lowest BCUT2D eigenvalue weighted by molar-refractivity contribution is 0.425. The highest BCUT2D eigenvalue weighted by Crippen LogP contribution is 2.00. The molecule has 1 rings (SSSR count). The fourth-order valence-corrected chi connectivity index (χ4v) is 0.958. The van der Waals surface area contributed by atoms with E-state index in [1.807, 2.05) is 4.98 Å². The molecule has 12 heavy (non-hydrogen) atoms. The van der Waals surface area contributed by atoms with Crippen molar-refractivity contribution >= 4 is 0 Å². The van der Waals surface area contributed by atoms with Gasteiger partial charge in [-0.2, -0.15) is 4.39 Å². The van der Waals surface area contributed by atoms with Crippen LogP contribution in [0.2, 0.25) is 0 Å². The molecule has 1 aromatic heterocycles. The van der Waals surface area contributed by atoms with Gasteiger partial charge in [0.2, 0.25) is 5.95 Å². The molecule has 0 saturated heterocycles. The Morgan fingerprint density at radius 3 is 2.50 bits per heavy atom. The minimum Gasteiger partial charge on any atom is -0.274 e. The Morgan fingerprint density at radius 1 is 1.50 bits per heavy atom. The summed E-state index contributed by atoms with van der Waals surface area (Å²) in [4.78, 5) is 23.5. The summed E-state index contributed by atoms with van der Waals surface area (Å²) in [5, 5.41) is 0. The molecular weight excluding hydrogens is 163 g/mol. The van der Waals surface area contributed by atoms with E-state index < -0.39 is 17.2 Å². The number of H-pyrrole nitrogens is 1. The Labute approximate surface area is 67.7 Å². The van der Waals surface area contributed by atoms with Crippen LogP contribution in [-0.4, -0.2) is 9.55 Å². The molecule has 0 bridgehead atoms. The van der Waals surface area contributed by atoms with E-state index in [0.29, 0.717) is 0 Å². The lowest BCUT2D eigenvalue weighted by Gasteiger charge is -2.08. The van der Waals surface area contributed by atoms with E-state index in [1.165, 1.54) is 0 Å². The van der Waals surface area contributed by atoms with Crippen LogP contribution in [0, 0.1) is 5.95 Å². The number of nitrogens with one attached hydrogen (secondary N) is 1. The summed E-state index contributed by atoms with van der Waals surface area (Å²) in [6, 6.07) is 0.454. The normalized spacial score (nSPS) is 10.7. The van der Waals surface area contributed by atoms with Crippen LogP contribution in [0.25, 0.3) is 0 Å². The second kappa shape index (κ2) is 2.92. The van der Waals surface area contributed by atoms with E-state index in [0.717, 1.165) is 10.6 Å². The highest BCUT2D eigenvalue weighted by molar-refractivity contribution is 4.87. The number of rotatable bonds is 1. The maximum Gasteiger partial charge on any atom is 0.330 e. The first kappa shape index (κ1) is 8.70. The SMILES string of the molecule is CC(C)n1c(F)cc(=O)[nH]c1=O. The van der Waals surface area contributed by atoms with Gasteiger partial charge in [0.05, 0.1) is 6.07 Å². The summed E-state index contributed by atoms with van der Waals surface area (Å²) in [5.41, 5.74) is -1.43. The molecule has 1 heterocycles. The second-order valence-corrected chi connectivity index (χ2v) is 2.73. The van der Waals surface area contributed by atoms with Crippen molar-refractivity contribution in [2.45, 2.75) is 19.9 Å². The van der Waals surface area contributed by atoms with Crippen LogP contribution in [0.4, 0.5) is 4.39 Å². The van der Waals surface area contributed by atoms with E-state index in [9.17, 15) is 14.0 Å². The molecule has 1 aromatic rings. The minimum atomic E-state index is -0.807. The Hall–Kier alpha value is -1.39. The molecule has 0 radical (unpaired) electrons. The van der Waals surface area contributed by atoms with Gasteiger partial charge in [0.1, 0.15) is 0 Å². The fourth-order valence-electron chi connectivity index (χ4n) is 0.958. The van der Waals surface area contributed by atoms with E-state index in [2.05, 4.69) is 0 Å². The molecule has 66 valence electrons. The van der Waals surface area contributed by atoms with E-state index in [1.54, 1.807) is 13.8 Å². The Bertz CT molecular complexity index is 391. The van der Waals surface area contributed by atoms with E-state index >= 15 is 0 Å². The van der Waals surface area contributed by atoms with Crippen molar-refractivity contribution in [1.29, 1.82) is 0 Å². The molecule has 4 nitrogen and oxygen atoms in total. The summed E-state index contributed by atoms with van der Waals surface area (Å²) in [7, 11) is 0. The van der Waals surface area contributed by atoms with Crippen LogP contribution in [0.5, 0.6) is 0 Å². The molecule has 0 aliphatic heterocycles. The first-order valence-corrected chi connectivity index (χ1v) is 3.53. The molecule has 0 aliphatic carbocycles. The molecule has 0 fully saturated rings. The van der Waals surface area contributed by atoms with Crippen molar-refractivity contribution in [1.82, 2.24) is 9.55 Å². The van der Waals surface area contributed by atoms with Crippen LogP contribution >= 0.6 is 0 Å². The van der Waals surface area contributed by atoms with Gasteiger partial charge in [0, 0.05) is 6.04 Å². The summed E-state index contributed by atoms with van der Waals surface area (Å²) in [6.45, 7) is 3.31. The summed E-state index contributed by atoms with van der Waals surface area (Å²) >= 11 is 0. The van der Waals surface area contributed by atoms with Crippen molar-refractivity contribution in [3.63, 3.8) is 0 Å². The minimum absolute atomic E-state index is 0.297. The number of hydrogen-bond acceptors (Lipinski definition) is 2. The molecule has 0 atom stereocenters. The van der Waals surface area contributed by atoms with Crippen LogP contribution in [-0.2, 0) is 0 Å². The quantitative estimate of drug-likeness (QED) is 0.617. The van der Waals surface area contributed by atoms with Gasteiger partial charge in [-0.25, -0.2) is 4.79 Å². The lowest BCUT2D eigenvalue weighted by Crippen LogP contribution is -2.32. The highest BCUT2D eigenvalue weighted by atomic mass is 19.1. The summed E-state index contributed by atoms with van der Waals surface area (Å²) in [6.07, 6.45) is 0. The number of halogens is 1. The predicted octanol–water partition coefficient (Wildman–Crippen LogP) is 0.257. The van der Waals surface area contributed by atoms with Crippen molar-refractivity contribution in [3.8, 4) is 0 Å². The van der Waals surface area contributed by atoms with Gasteiger partial charge >= 0.3 is 5.69 Å². The molecular formula is C7H9FN2O2. The van der Waals surface area contributed by atoms with Gasteiger partial charge in [-0.3, -0.25) is 14.3 Å². The lowest BCUT2D eigenvalue weighted by atomic mass is 10.4. The van der Waals surface area contributed by atoms with Crippen LogP contribution in [0.1, 0.15) is 19.9 Å². The maximum atomic E-state index is 12.9.